The van der Waals surface area contributed by atoms with Crippen molar-refractivity contribution in [2.45, 2.75) is 0 Å². The number of amidine groups is 1. The van der Waals surface area contributed by atoms with E-state index in [2.05, 4.69) is 46.7 Å². The van der Waals surface area contributed by atoms with Gasteiger partial charge in [-0.3, -0.25) is 14.9 Å². The van der Waals surface area contributed by atoms with E-state index in [0.29, 0.717) is 5.69 Å². The maximum Gasteiger partial charge on any atom is 0.269 e. The normalized spacial score (nSPS) is 11.2. The highest BCUT2D eigenvalue weighted by Crippen LogP contribution is 2.22. The van der Waals surface area contributed by atoms with Crippen molar-refractivity contribution in [2.75, 3.05) is 10.6 Å². The van der Waals surface area contributed by atoms with Crippen LogP contribution in [0.4, 0.5) is 21.6 Å². The average molecular weight is 465 g/mol. The predicted molar refractivity (Wildman–Crippen MR) is 101 cm³/mol. The second kappa shape index (κ2) is 8.43. The lowest BCUT2D eigenvalue weighted by molar-refractivity contribution is -0.384. The molecule has 0 fully saturated rings. The van der Waals surface area contributed by atoms with Gasteiger partial charge in [-0.05, 0) is 56.6 Å². The number of hydrogen-bond donors (Lipinski definition) is 3. The van der Waals surface area contributed by atoms with Crippen molar-refractivity contribution in [3.63, 3.8) is 0 Å². The smallest absolute Gasteiger partial charge is 0.269 e. The van der Waals surface area contributed by atoms with Crippen molar-refractivity contribution in [3.8, 4) is 0 Å². The van der Waals surface area contributed by atoms with Gasteiger partial charge >= 0.3 is 0 Å². The van der Waals surface area contributed by atoms with E-state index in [4.69, 9.17) is 0 Å². The number of amides is 1. The number of carbonyl (C=O) groups is 1. The van der Waals surface area contributed by atoms with E-state index in [1.165, 1.54) is 42.5 Å². The molecular weight excluding hydrogens is 455 g/mol. The summed E-state index contributed by atoms with van der Waals surface area (Å²) in [6, 6.07) is 8.82. The van der Waals surface area contributed by atoms with E-state index in [1.54, 1.807) is 0 Å². The van der Waals surface area contributed by atoms with E-state index in [1.807, 2.05) is 0 Å². The van der Waals surface area contributed by atoms with Crippen LogP contribution in [0.5, 0.6) is 0 Å². The lowest BCUT2D eigenvalue weighted by atomic mass is 10.2. The molecule has 1 heterocycles. The minimum Gasteiger partial charge on any atom is -0.409 e. The molecule has 13 heteroatoms. The highest BCUT2D eigenvalue weighted by molar-refractivity contribution is 9.10. The number of nitro groups is 1. The number of nitrogens with one attached hydrogen (secondary N) is 2. The van der Waals surface area contributed by atoms with Crippen LogP contribution in [-0.2, 0) is 0 Å². The van der Waals surface area contributed by atoms with Crippen molar-refractivity contribution < 1.29 is 23.9 Å². The highest BCUT2D eigenvalue weighted by Gasteiger charge is 2.21. The van der Waals surface area contributed by atoms with E-state index >= 15 is 0 Å². The number of nitro benzene ring substituents is 1. The molecule has 0 bridgehead atoms. The number of oxime groups is 1. The second-order valence-corrected chi connectivity index (χ2v) is 6.28. The van der Waals surface area contributed by atoms with Crippen LogP contribution >= 0.6 is 15.9 Å². The average Bonchev–Trinajstić information content (AvgIpc) is 3.16. The van der Waals surface area contributed by atoms with Crippen LogP contribution in [0.1, 0.15) is 16.1 Å². The molecule has 0 spiro atoms. The molecule has 11 nitrogen and oxygen atoms in total. The van der Waals surface area contributed by atoms with E-state index < -0.39 is 16.6 Å². The molecule has 0 unspecified atom stereocenters. The number of rotatable bonds is 5. The van der Waals surface area contributed by atoms with Crippen molar-refractivity contribution in [3.05, 3.63) is 74.1 Å². The number of hydrogen-bond acceptors (Lipinski definition) is 8. The molecule has 1 amide bonds. The number of aromatic nitrogens is 2. The summed E-state index contributed by atoms with van der Waals surface area (Å²) in [7, 11) is 0. The first-order valence-corrected chi connectivity index (χ1v) is 8.51. The summed E-state index contributed by atoms with van der Waals surface area (Å²) in [6.07, 6.45) is 0. The summed E-state index contributed by atoms with van der Waals surface area (Å²) in [5.41, 5.74) is 0.155. The first-order chi connectivity index (χ1) is 13.9. The number of nitrogens with zero attached hydrogens (tertiary/aromatic N) is 4. The van der Waals surface area contributed by atoms with Gasteiger partial charge < -0.3 is 15.8 Å². The van der Waals surface area contributed by atoms with Crippen LogP contribution in [0.15, 0.2) is 56.7 Å². The number of non-ortho nitro benzene ring substituents is 1. The summed E-state index contributed by atoms with van der Waals surface area (Å²) < 4.78 is 18.1. The van der Waals surface area contributed by atoms with Gasteiger partial charge in [-0.25, -0.2) is 9.02 Å². The Morgan fingerprint density at radius 1 is 1.21 bits per heavy atom. The third-order valence-electron chi connectivity index (χ3n) is 3.57. The standard InChI is InChI=1S/C16H10BrFN6O5/c17-11-7-9(3-6-12(11)18)19-14(21-26)13-15(23-29-22-13)20-16(25)8-1-4-10(5-2-8)24(27)28/h1-7,26H,(H,19,21)(H,20,23,25). The Hall–Kier alpha value is -3.87. The third-order valence-corrected chi connectivity index (χ3v) is 4.18. The van der Waals surface area contributed by atoms with Gasteiger partial charge in [0.15, 0.2) is 5.69 Å². The fraction of sp³-hybridized carbons (Fsp3) is 0. The van der Waals surface area contributed by atoms with Crippen LogP contribution < -0.4 is 10.6 Å². The fourth-order valence-electron chi connectivity index (χ4n) is 2.18. The molecule has 0 aliphatic carbocycles. The quantitative estimate of drug-likeness (QED) is 0.170. The maximum atomic E-state index is 13.4. The van der Waals surface area contributed by atoms with Gasteiger partial charge in [0.05, 0.1) is 9.40 Å². The second-order valence-electron chi connectivity index (χ2n) is 5.42. The van der Waals surface area contributed by atoms with Crippen LogP contribution in [0.2, 0.25) is 0 Å². The SMILES string of the molecule is O=C(Nc1nonc1/C(=N\O)Nc1ccc(F)c(Br)c1)c1ccc([N+](=O)[O-])cc1. The zero-order valence-electron chi connectivity index (χ0n) is 14.2. The topological polar surface area (TPSA) is 156 Å². The fourth-order valence-corrected chi connectivity index (χ4v) is 2.56. The van der Waals surface area contributed by atoms with Crippen LogP contribution in [-0.4, -0.2) is 32.2 Å². The molecule has 0 radical (unpaired) electrons. The molecule has 0 saturated carbocycles. The Morgan fingerprint density at radius 2 is 1.93 bits per heavy atom. The molecule has 0 atom stereocenters. The molecule has 3 aromatic rings. The molecule has 148 valence electrons. The zero-order chi connectivity index (χ0) is 21.0. The Morgan fingerprint density at radius 3 is 2.55 bits per heavy atom. The third kappa shape index (κ3) is 4.52. The predicted octanol–water partition coefficient (Wildman–Crippen LogP) is 3.38. The van der Waals surface area contributed by atoms with Crippen LogP contribution in [0.3, 0.4) is 0 Å². The van der Waals surface area contributed by atoms with Crippen molar-refractivity contribution in [2.24, 2.45) is 5.16 Å². The van der Waals surface area contributed by atoms with Gasteiger partial charge in [0.2, 0.25) is 11.7 Å². The lowest BCUT2D eigenvalue weighted by Crippen LogP contribution is -2.19. The molecule has 29 heavy (non-hydrogen) atoms. The first-order valence-electron chi connectivity index (χ1n) is 7.72. The Kier molecular flexibility index (Phi) is 5.78. The Labute approximate surface area is 169 Å². The number of halogens is 2. The molecule has 3 N–H and O–H groups in total. The van der Waals surface area contributed by atoms with Gasteiger partial charge in [-0.2, -0.15) is 0 Å². The van der Waals surface area contributed by atoms with Crippen molar-refractivity contribution in [1.82, 2.24) is 10.3 Å². The van der Waals surface area contributed by atoms with E-state index in [9.17, 15) is 24.5 Å². The maximum absolute atomic E-state index is 13.4. The van der Waals surface area contributed by atoms with E-state index in [0.717, 1.165) is 0 Å². The monoisotopic (exact) mass is 464 g/mol. The molecule has 1 aromatic heterocycles. The van der Waals surface area contributed by atoms with Crippen molar-refractivity contribution in [1.29, 1.82) is 0 Å². The van der Waals surface area contributed by atoms with Gasteiger partial charge in [-0.1, -0.05) is 5.16 Å². The Bertz CT molecular complexity index is 1100. The van der Waals surface area contributed by atoms with Gasteiger partial charge in [0.1, 0.15) is 5.82 Å². The number of carbonyl (C=O) groups excluding carboxylic acids is 1. The first kappa shape index (κ1) is 19.9. The number of anilines is 2. The summed E-state index contributed by atoms with van der Waals surface area (Å²) >= 11 is 3.03. The van der Waals surface area contributed by atoms with Crippen LogP contribution in [0.25, 0.3) is 0 Å². The molecule has 2 aromatic carbocycles. The summed E-state index contributed by atoms with van der Waals surface area (Å²) in [4.78, 5) is 22.4. The van der Waals surface area contributed by atoms with Gasteiger partial charge in [-0.15, -0.1) is 0 Å². The summed E-state index contributed by atoms with van der Waals surface area (Å²) in [6.45, 7) is 0. The molecular formula is C16H10BrFN6O5. The Balaban J connectivity index is 1.79. The lowest BCUT2D eigenvalue weighted by Gasteiger charge is -2.08. The van der Waals surface area contributed by atoms with Crippen molar-refractivity contribution >= 4 is 44.9 Å². The summed E-state index contributed by atoms with van der Waals surface area (Å²) in [5, 5.41) is 35.2. The largest absolute Gasteiger partial charge is 0.409 e. The minimum absolute atomic E-state index is 0.113. The molecule has 0 aliphatic heterocycles. The van der Waals surface area contributed by atoms with E-state index in [-0.39, 0.29) is 33.1 Å². The number of benzene rings is 2. The molecule has 0 aliphatic rings. The molecule has 3 rings (SSSR count). The summed E-state index contributed by atoms with van der Waals surface area (Å²) in [5.74, 6) is -1.55. The van der Waals surface area contributed by atoms with Crippen LogP contribution in [0, 0.1) is 15.9 Å². The highest BCUT2D eigenvalue weighted by atomic mass is 79.9. The van der Waals surface area contributed by atoms with Gasteiger partial charge in [0, 0.05) is 23.4 Å². The molecule has 0 saturated heterocycles. The zero-order valence-corrected chi connectivity index (χ0v) is 15.8. The van der Waals surface area contributed by atoms with Gasteiger partial charge in [0.25, 0.3) is 11.6 Å². The minimum atomic E-state index is -0.654.